The molecule has 2 aromatic carbocycles. The molecule has 5 rings (SSSR count). The summed E-state index contributed by atoms with van der Waals surface area (Å²) < 4.78 is 30.5. The maximum atomic E-state index is 13.3. The van der Waals surface area contributed by atoms with Gasteiger partial charge in [0.05, 0.1) is 16.2 Å². The highest BCUT2D eigenvalue weighted by Crippen LogP contribution is 2.35. The predicted octanol–water partition coefficient (Wildman–Crippen LogP) is 4.52. The van der Waals surface area contributed by atoms with Crippen LogP contribution in [-0.4, -0.2) is 45.1 Å². The number of nitrogens with zero attached hydrogens (tertiary/aromatic N) is 5. The average Bonchev–Trinajstić information content (AvgIpc) is 3.41. The van der Waals surface area contributed by atoms with Crippen molar-refractivity contribution in [3.05, 3.63) is 75.1 Å². The third-order valence-corrected chi connectivity index (χ3v) is 8.28. The summed E-state index contributed by atoms with van der Waals surface area (Å²) in [5.74, 6) is 0. The van der Waals surface area contributed by atoms with Gasteiger partial charge in [0.25, 0.3) is 5.56 Å². The zero-order valence-corrected chi connectivity index (χ0v) is 21.6. The van der Waals surface area contributed by atoms with Crippen LogP contribution in [0, 0.1) is 0 Å². The molecule has 0 amide bonds. The minimum Gasteiger partial charge on any atom is -0.330 e. The molecule has 3 aromatic heterocycles. The minimum absolute atomic E-state index is 0.180. The maximum Gasteiger partial charge on any atom is 0.322 e. The first-order valence-corrected chi connectivity index (χ1v) is 12.7. The molecular formula is C24H21Cl2N5O3S. The van der Waals surface area contributed by atoms with Crippen LogP contribution >= 0.6 is 23.2 Å². The molecule has 0 radical (unpaired) electrons. The predicted molar refractivity (Wildman–Crippen MR) is 140 cm³/mol. The molecule has 0 unspecified atom stereocenters. The van der Waals surface area contributed by atoms with Crippen LogP contribution in [-0.2, 0) is 24.3 Å². The van der Waals surface area contributed by atoms with Gasteiger partial charge in [-0.25, -0.2) is 0 Å². The Morgan fingerprint density at radius 2 is 1.63 bits per heavy atom. The number of benzene rings is 2. The zero-order valence-electron chi connectivity index (χ0n) is 19.3. The smallest absolute Gasteiger partial charge is 0.322 e. The van der Waals surface area contributed by atoms with Crippen molar-refractivity contribution in [3.63, 3.8) is 0 Å². The van der Waals surface area contributed by atoms with Crippen molar-refractivity contribution < 1.29 is 8.42 Å². The summed E-state index contributed by atoms with van der Waals surface area (Å²) in [6.45, 7) is 0. The monoisotopic (exact) mass is 529 g/mol. The Bertz CT molecular complexity index is 1820. The fourth-order valence-corrected chi connectivity index (χ4v) is 5.56. The van der Waals surface area contributed by atoms with Crippen LogP contribution < -0.4 is 5.56 Å². The van der Waals surface area contributed by atoms with Gasteiger partial charge in [0.1, 0.15) is 5.65 Å². The molecule has 0 aliphatic rings. The summed E-state index contributed by atoms with van der Waals surface area (Å²) in [5.41, 5.74) is 3.80. The quantitative estimate of drug-likeness (QED) is 0.342. The van der Waals surface area contributed by atoms with E-state index in [9.17, 15) is 13.2 Å². The molecule has 0 saturated carbocycles. The highest BCUT2D eigenvalue weighted by atomic mass is 35.5. The molecule has 0 aliphatic heterocycles. The van der Waals surface area contributed by atoms with Crippen LogP contribution in [0.25, 0.3) is 44.3 Å². The summed E-state index contributed by atoms with van der Waals surface area (Å²) in [7, 11) is 2.82. The Labute approximate surface area is 211 Å². The first kappa shape index (κ1) is 23.6. The van der Waals surface area contributed by atoms with E-state index in [1.165, 1.54) is 20.3 Å². The molecular weight excluding hydrogens is 509 g/mol. The molecule has 180 valence electrons. The fourth-order valence-electron chi connectivity index (χ4n) is 4.31. The van der Waals surface area contributed by atoms with Crippen LogP contribution in [0.3, 0.4) is 0 Å². The Balaban J connectivity index is 1.75. The van der Waals surface area contributed by atoms with Crippen LogP contribution in [0.5, 0.6) is 0 Å². The zero-order chi connectivity index (χ0) is 25.2. The molecule has 0 atom stereocenters. The molecule has 0 spiro atoms. The first-order chi connectivity index (χ1) is 16.5. The third kappa shape index (κ3) is 3.66. The van der Waals surface area contributed by atoms with Crippen molar-refractivity contribution >= 4 is 55.3 Å². The Morgan fingerprint density at radius 3 is 2.31 bits per heavy atom. The second-order valence-corrected chi connectivity index (χ2v) is 11.3. The molecule has 3 heterocycles. The number of halogens is 2. The molecule has 0 aliphatic carbocycles. The molecule has 0 bridgehead atoms. The number of hydrogen-bond donors (Lipinski definition) is 0. The molecule has 35 heavy (non-hydrogen) atoms. The number of rotatable bonds is 4. The number of pyridine rings is 1. The lowest BCUT2D eigenvalue weighted by atomic mass is 10.0. The van der Waals surface area contributed by atoms with Gasteiger partial charge < -0.3 is 4.57 Å². The van der Waals surface area contributed by atoms with Gasteiger partial charge in [-0.1, -0.05) is 35.3 Å². The van der Waals surface area contributed by atoms with E-state index in [2.05, 4.69) is 5.10 Å². The molecule has 0 saturated heterocycles. The summed E-state index contributed by atoms with van der Waals surface area (Å²) in [6.07, 6.45) is 1.42. The number of hydrogen-bond acceptors (Lipinski definition) is 4. The minimum atomic E-state index is -3.72. The van der Waals surface area contributed by atoms with E-state index in [1.807, 2.05) is 35.9 Å². The largest absolute Gasteiger partial charge is 0.330 e. The SMILES string of the molecule is CN(C)S(=O)(=O)n1ccc(-c2ccc3c(c2)c2cc(-c4ccc(Cl)cc4Cl)c(=O)n(C)c2n3C)n1. The lowest BCUT2D eigenvalue weighted by Gasteiger charge is -2.10. The number of aromatic nitrogens is 4. The molecule has 0 N–H and O–H groups in total. The number of aryl methyl sites for hydroxylation is 2. The van der Waals surface area contributed by atoms with Gasteiger partial charge in [-0.3, -0.25) is 9.36 Å². The lowest BCUT2D eigenvalue weighted by Crippen LogP contribution is -2.29. The van der Waals surface area contributed by atoms with Crippen molar-refractivity contribution in [1.82, 2.24) is 22.6 Å². The second kappa shape index (κ2) is 8.23. The average molecular weight is 530 g/mol. The van der Waals surface area contributed by atoms with Crippen LogP contribution in [0.2, 0.25) is 10.0 Å². The molecule has 0 fully saturated rings. The molecule has 11 heteroatoms. The maximum absolute atomic E-state index is 13.3. The van der Waals surface area contributed by atoms with Gasteiger partial charge in [0, 0.05) is 66.9 Å². The summed E-state index contributed by atoms with van der Waals surface area (Å²) in [5, 5.41) is 6.91. The van der Waals surface area contributed by atoms with Crippen LogP contribution in [0.4, 0.5) is 0 Å². The Morgan fingerprint density at radius 1 is 0.886 bits per heavy atom. The molecule has 5 aromatic rings. The van der Waals surface area contributed by atoms with E-state index in [1.54, 1.807) is 35.9 Å². The van der Waals surface area contributed by atoms with E-state index in [-0.39, 0.29) is 5.56 Å². The summed E-state index contributed by atoms with van der Waals surface area (Å²) >= 11 is 12.5. The van der Waals surface area contributed by atoms with Crippen molar-refractivity contribution in [1.29, 1.82) is 0 Å². The highest BCUT2D eigenvalue weighted by Gasteiger charge is 2.20. The van der Waals surface area contributed by atoms with E-state index < -0.39 is 10.2 Å². The van der Waals surface area contributed by atoms with E-state index in [0.717, 1.165) is 35.9 Å². The fraction of sp³-hybridized carbons (Fsp3) is 0.167. The van der Waals surface area contributed by atoms with Gasteiger partial charge in [-0.15, -0.1) is 0 Å². The van der Waals surface area contributed by atoms with Gasteiger partial charge in [0.15, 0.2) is 0 Å². The van der Waals surface area contributed by atoms with Crippen LogP contribution in [0.15, 0.2) is 59.5 Å². The topological polar surface area (TPSA) is 82.1 Å². The number of fused-ring (bicyclic) bond motifs is 3. The summed E-state index contributed by atoms with van der Waals surface area (Å²) in [6, 6.07) is 14.3. The standard InChI is InChI=1S/C24H21Cl2N5O3S/c1-28(2)35(33,34)31-10-9-21(27-31)14-5-8-22-17(11-14)18-13-19(16-7-6-15(25)12-20(16)26)24(32)30(4)23(18)29(22)3/h5-13H,1-4H3. The summed E-state index contributed by atoms with van der Waals surface area (Å²) in [4.78, 5) is 13.3. The van der Waals surface area contributed by atoms with Crippen molar-refractivity contribution in [2.75, 3.05) is 14.1 Å². The normalized spacial score (nSPS) is 12.3. The lowest BCUT2D eigenvalue weighted by molar-refractivity contribution is 0.504. The highest BCUT2D eigenvalue weighted by molar-refractivity contribution is 7.87. The second-order valence-electron chi connectivity index (χ2n) is 8.44. The van der Waals surface area contributed by atoms with E-state index in [4.69, 9.17) is 23.2 Å². The van der Waals surface area contributed by atoms with Crippen molar-refractivity contribution in [2.45, 2.75) is 0 Å². The first-order valence-electron chi connectivity index (χ1n) is 10.6. The third-order valence-electron chi connectivity index (χ3n) is 6.13. The Hall–Kier alpha value is -3.11. The molecule has 8 nitrogen and oxygen atoms in total. The van der Waals surface area contributed by atoms with Crippen LogP contribution in [0.1, 0.15) is 0 Å². The van der Waals surface area contributed by atoms with Gasteiger partial charge in [0.2, 0.25) is 0 Å². The van der Waals surface area contributed by atoms with Gasteiger partial charge in [-0.05, 0) is 36.4 Å². The van der Waals surface area contributed by atoms with Gasteiger partial charge >= 0.3 is 10.2 Å². The Kier molecular flexibility index (Phi) is 5.56. The van der Waals surface area contributed by atoms with Gasteiger partial charge in [-0.2, -0.15) is 21.9 Å². The van der Waals surface area contributed by atoms with E-state index >= 15 is 0 Å². The van der Waals surface area contributed by atoms with E-state index in [0.29, 0.717) is 26.9 Å². The van der Waals surface area contributed by atoms with Crippen molar-refractivity contribution in [3.8, 4) is 22.4 Å². The van der Waals surface area contributed by atoms with Crippen molar-refractivity contribution in [2.24, 2.45) is 14.1 Å².